The number of carbonyl (C=O) groups excluding carboxylic acids is 2. The number of carbonyl (C=O) groups is 2. The summed E-state index contributed by atoms with van der Waals surface area (Å²) in [5, 5.41) is 9.39. The Morgan fingerprint density at radius 3 is 2.60 bits per heavy atom. The van der Waals surface area contributed by atoms with Gasteiger partial charge in [0, 0.05) is 19.5 Å². The van der Waals surface area contributed by atoms with E-state index >= 15 is 0 Å². The third-order valence-electron chi connectivity index (χ3n) is 3.72. The molecule has 3 N–H and O–H groups in total. The van der Waals surface area contributed by atoms with Crippen molar-refractivity contribution in [1.82, 2.24) is 4.90 Å². The van der Waals surface area contributed by atoms with Crippen LogP contribution in [0.4, 0.5) is 0 Å². The van der Waals surface area contributed by atoms with Gasteiger partial charge in [-0.15, -0.1) is 0 Å². The lowest BCUT2D eigenvalue weighted by Gasteiger charge is -2.31. The number of benzene rings is 1. The van der Waals surface area contributed by atoms with Gasteiger partial charge in [-0.25, -0.2) is 0 Å². The van der Waals surface area contributed by atoms with E-state index in [9.17, 15) is 14.7 Å². The van der Waals surface area contributed by atoms with Gasteiger partial charge in [-0.2, -0.15) is 0 Å². The van der Waals surface area contributed by atoms with Crippen LogP contribution in [-0.4, -0.2) is 34.9 Å². The van der Waals surface area contributed by atoms with Crippen LogP contribution in [-0.2, 0) is 16.0 Å². The zero-order valence-corrected chi connectivity index (χ0v) is 11.4. The molecule has 1 heterocycles. The number of primary amides is 1. The van der Waals surface area contributed by atoms with Crippen LogP contribution in [0.2, 0.25) is 0 Å². The van der Waals surface area contributed by atoms with Gasteiger partial charge in [0.2, 0.25) is 11.8 Å². The summed E-state index contributed by atoms with van der Waals surface area (Å²) in [7, 11) is 0. The summed E-state index contributed by atoms with van der Waals surface area (Å²) >= 11 is 0. The molecular weight excluding hydrogens is 256 g/mol. The predicted octanol–water partition coefficient (Wildman–Crippen LogP) is 1.05. The molecule has 0 atom stereocenters. The summed E-state index contributed by atoms with van der Waals surface area (Å²) in [6, 6.07) is 6.76. The molecule has 0 aliphatic carbocycles. The maximum absolute atomic E-state index is 12.2. The van der Waals surface area contributed by atoms with Crippen LogP contribution < -0.4 is 5.73 Å². The minimum absolute atomic E-state index is 0.0631. The molecule has 0 spiro atoms. The van der Waals surface area contributed by atoms with Crippen LogP contribution in [0.5, 0.6) is 5.75 Å². The van der Waals surface area contributed by atoms with Crippen LogP contribution in [0, 0.1) is 5.92 Å². The first-order valence-electron chi connectivity index (χ1n) is 6.88. The van der Waals surface area contributed by atoms with Gasteiger partial charge in [-0.3, -0.25) is 9.59 Å². The first kappa shape index (κ1) is 14.4. The second-order valence-corrected chi connectivity index (χ2v) is 5.34. The number of hydrogen-bond acceptors (Lipinski definition) is 3. The summed E-state index contributed by atoms with van der Waals surface area (Å²) in [6.07, 6.45) is 2.37. The smallest absolute Gasteiger partial charge is 0.226 e. The molecule has 0 saturated carbocycles. The first-order chi connectivity index (χ1) is 9.54. The lowest BCUT2D eigenvalue weighted by Crippen LogP contribution is -2.40. The van der Waals surface area contributed by atoms with E-state index in [0.29, 0.717) is 31.8 Å². The van der Waals surface area contributed by atoms with Gasteiger partial charge in [-0.05, 0) is 36.5 Å². The van der Waals surface area contributed by atoms with Crippen molar-refractivity contribution in [3.63, 3.8) is 0 Å². The van der Waals surface area contributed by atoms with Crippen molar-refractivity contribution in [1.29, 1.82) is 0 Å². The fraction of sp³-hybridized carbons (Fsp3) is 0.467. The second kappa shape index (κ2) is 6.41. The zero-order chi connectivity index (χ0) is 14.5. The average molecular weight is 276 g/mol. The molecule has 0 bridgehead atoms. The van der Waals surface area contributed by atoms with Gasteiger partial charge < -0.3 is 15.7 Å². The molecule has 1 aromatic carbocycles. The maximum atomic E-state index is 12.2. The Labute approximate surface area is 118 Å². The summed E-state index contributed by atoms with van der Waals surface area (Å²) in [4.78, 5) is 24.9. The Morgan fingerprint density at radius 1 is 1.30 bits per heavy atom. The fourth-order valence-electron chi connectivity index (χ4n) is 2.62. The average Bonchev–Trinajstić information content (AvgIpc) is 2.38. The van der Waals surface area contributed by atoms with Crippen molar-refractivity contribution >= 4 is 11.8 Å². The van der Waals surface area contributed by atoms with Crippen LogP contribution in [0.3, 0.4) is 0 Å². The molecule has 1 aliphatic heterocycles. The number of phenolic OH excluding ortho intramolecular Hbond substituents is 1. The third kappa shape index (κ3) is 3.98. The standard InChI is InChI=1S/C15H20N2O3/c16-14(19)9-11-4-6-17(7-5-11)15(20)10-12-2-1-3-13(18)8-12/h1-3,8,11,18H,4-7,9-10H2,(H2,16,19). The largest absolute Gasteiger partial charge is 0.508 e. The van der Waals surface area contributed by atoms with E-state index in [-0.39, 0.29) is 17.6 Å². The van der Waals surface area contributed by atoms with E-state index in [1.165, 1.54) is 0 Å². The molecule has 2 rings (SSSR count). The van der Waals surface area contributed by atoms with Crippen molar-refractivity contribution in [2.75, 3.05) is 13.1 Å². The number of phenols is 1. The van der Waals surface area contributed by atoms with Crippen molar-refractivity contribution in [3.8, 4) is 5.75 Å². The van der Waals surface area contributed by atoms with E-state index in [0.717, 1.165) is 18.4 Å². The lowest BCUT2D eigenvalue weighted by atomic mass is 9.93. The number of amides is 2. The molecule has 5 heteroatoms. The van der Waals surface area contributed by atoms with Gasteiger partial charge in [-0.1, -0.05) is 12.1 Å². The van der Waals surface area contributed by atoms with Gasteiger partial charge in [0.25, 0.3) is 0 Å². The Bertz CT molecular complexity index is 494. The molecule has 108 valence electrons. The zero-order valence-electron chi connectivity index (χ0n) is 11.4. The molecule has 1 saturated heterocycles. The quantitative estimate of drug-likeness (QED) is 0.862. The number of rotatable bonds is 4. The minimum atomic E-state index is -0.269. The summed E-state index contributed by atoms with van der Waals surface area (Å²) < 4.78 is 0. The SMILES string of the molecule is NC(=O)CC1CCN(C(=O)Cc2cccc(O)c2)CC1. The Morgan fingerprint density at radius 2 is 2.00 bits per heavy atom. The van der Waals surface area contributed by atoms with Crippen molar-refractivity contribution in [3.05, 3.63) is 29.8 Å². The number of aromatic hydroxyl groups is 1. The van der Waals surface area contributed by atoms with Crippen molar-refractivity contribution in [2.24, 2.45) is 11.7 Å². The molecule has 2 amide bonds. The monoisotopic (exact) mass is 276 g/mol. The highest BCUT2D eigenvalue weighted by Crippen LogP contribution is 2.21. The van der Waals surface area contributed by atoms with Crippen LogP contribution in [0.1, 0.15) is 24.8 Å². The van der Waals surface area contributed by atoms with Gasteiger partial charge in [0.15, 0.2) is 0 Å². The molecular formula is C15H20N2O3. The molecule has 1 fully saturated rings. The number of likely N-dealkylation sites (tertiary alicyclic amines) is 1. The lowest BCUT2D eigenvalue weighted by molar-refractivity contribution is -0.131. The van der Waals surface area contributed by atoms with Crippen LogP contribution in [0.25, 0.3) is 0 Å². The number of nitrogens with two attached hydrogens (primary N) is 1. The summed E-state index contributed by atoms with van der Waals surface area (Å²) in [5.41, 5.74) is 6.01. The Hall–Kier alpha value is -2.04. The molecule has 0 radical (unpaired) electrons. The highest BCUT2D eigenvalue weighted by Gasteiger charge is 2.23. The molecule has 0 aromatic heterocycles. The third-order valence-corrected chi connectivity index (χ3v) is 3.72. The normalized spacial score (nSPS) is 16.1. The second-order valence-electron chi connectivity index (χ2n) is 5.34. The van der Waals surface area contributed by atoms with Gasteiger partial charge >= 0.3 is 0 Å². The highest BCUT2D eigenvalue weighted by molar-refractivity contribution is 5.79. The molecule has 1 aliphatic rings. The van der Waals surface area contributed by atoms with Crippen LogP contribution in [0.15, 0.2) is 24.3 Å². The van der Waals surface area contributed by atoms with E-state index < -0.39 is 0 Å². The maximum Gasteiger partial charge on any atom is 0.226 e. The van der Waals surface area contributed by atoms with E-state index in [2.05, 4.69) is 0 Å². The molecule has 20 heavy (non-hydrogen) atoms. The van der Waals surface area contributed by atoms with E-state index in [1.807, 2.05) is 11.0 Å². The molecule has 0 unspecified atom stereocenters. The van der Waals surface area contributed by atoms with Crippen molar-refractivity contribution in [2.45, 2.75) is 25.7 Å². The summed E-state index contributed by atoms with van der Waals surface area (Å²) in [6.45, 7) is 1.35. The fourth-order valence-corrected chi connectivity index (χ4v) is 2.62. The summed E-state index contributed by atoms with van der Waals surface area (Å²) in [5.74, 6) is 0.274. The number of nitrogens with zero attached hydrogens (tertiary/aromatic N) is 1. The number of hydrogen-bond donors (Lipinski definition) is 2. The Kier molecular flexibility index (Phi) is 4.61. The minimum Gasteiger partial charge on any atom is -0.508 e. The first-order valence-corrected chi connectivity index (χ1v) is 6.88. The van der Waals surface area contributed by atoms with Crippen LogP contribution >= 0.6 is 0 Å². The molecule has 5 nitrogen and oxygen atoms in total. The molecule has 1 aromatic rings. The Balaban J connectivity index is 1.84. The van der Waals surface area contributed by atoms with E-state index in [1.54, 1.807) is 18.2 Å². The van der Waals surface area contributed by atoms with Gasteiger partial charge in [0.1, 0.15) is 5.75 Å². The van der Waals surface area contributed by atoms with Gasteiger partial charge in [0.05, 0.1) is 6.42 Å². The van der Waals surface area contributed by atoms with E-state index in [4.69, 9.17) is 5.73 Å². The predicted molar refractivity (Wildman–Crippen MR) is 74.9 cm³/mol. The van der Waals surface area contributed by atoms with Crippen molar-refractivity contribution < 1.29 is 14.7 Å². The highest BCUT2D eigenvalue weighted by atomic mass is 16.3. The number of piperidine rings is 1. The topological polar surface area (TPSA) is 83.6 Å².